The summed E-state index contributed by atoms with van der Waals surface area (Å²) in [4.78, 5) is 26.4. The molecule has 0 radical (unpaired) electrons. The predicted molar refractivity (Wildman–Crippen MR) is 107 cm³/mol. The molecule has 0 aliphatic rings. The third kappa shape index (κ3) is 5.23. The first-order chi connectivity index (χ1) is 12.4. The molecule has 0 spiro atoms. The summed E-state index contributed by atoms with van der Waals surface area (Å²) in [6, 6.07) is 12.4. The maximum Gasteiger partial charge on any atom is 0.251 e. The Morgan fingerprint density at radius 1 is 1.04 bits per heavy atom. The molecule has 0 aliphatic carbocycles. The minimum absolute atomic E-state index is 0.0985. The van der Waals surface area contributed by atoms with Gasteiger partial charge in [-0.15, -0.1) is 0 Å². The summed E-state index contributed by atoms with van der Waals surface area (Å²) in [6.07, 6.45) is 0. The van der Waals surface area contributed by atoms with Gasteiger partial charge in [0.2, 0.25) is 5.91 Å². The molecule has 2 N–H and O–H groups in total. The van der Waals surface area contributed by atoms with Gasteiger partial charge in [0.25, 0.3) is 5.91 Å². The largest absolute Gasteiger partial charge is 0.372 e. The Bertz CT molecular complexity index is 771. The molecule has 2 amide bonds. The normalized spacial score (nSPS) is 10.3. The van der Waals surface area contributed by atoms with E-state index in [1.54, 1.807) is 24.3 Å². The van der Waals surface area contributed by atoms with Crippen molar-refractivity contribution in [3.63, 3.8) is 0 Å². The molecule has 0 bridgehead atoms. The molecular formula is C20H24ClN3O2. The number of nitrogens with zero attached hydrogens (tertiary/aromatic N) is 1. The van der Waals surface area contributed by atoms with Crippen LogP contribution in [0.4, 0.5) is 11.4 Å². The quantitative estimate of drug-likeness (QED) is 0.774. The van der Waals surface area contributed by atoms with E-state index in [4.69, 9.17) is 11.6 Å². The van der Waals surface area contributed by atoms with Crippen LogP contribution in [0.5, 0.6) is 0 Å². The van der Waals surface area contributed by atoms with Gasteiger partial charge in [0.05, 0.1) is 6.54 Å². The average Bonchev–Trinajstić information content (AvgIpc) is 2.63. The highest BCUT2D eigenvalue weighted by molar-refractivity contribution is 6.30. The molecular weight excluding hydrogens is 350 g/mol. The first kappa shape index (κ1) is 19.8. The highest BCUT2D eigenvalue weighted by atomic mass is 35.5. The van der Waals surface area contributed by atoms with Crippen LogP contribution in [0.15, 0.2) is 42.5 Å². The molecule has 2 aromatic rings. The van der Waals surface area contributed by atoms with Gasteiger partial charge in [0.15, 0.2) is 0 Å². The second-order valence-electron chi connectivity index (χ2n) is 5.91. The van der Waals surface area contributed by atoms with Gasteiger partial charge >= 0.3 is 0 Å². The summed E-state index contributed by atoms with van der Waals surface area (Å²) in [5, 5.41) is 6.00. The number of carbonyl (C=O) groups excluding carboxylic acids is 2. The van der Waals surface area contributed by atoms with Crippen LogP contribution in [0, 0.1) is 6.92 Å². The van der Waals surface area contributed by atoms with Gasteiger partial charge in [-0.05, 0) is 68.8 Å². The molecule has 0 aromatic heterocycles. The molecule has 0 saturated carbocycles. The number of aryl methyl sites for hydroxylation is 1. The van der Waals surface area contributed by atoms with Crippen LogP contribution < -0.4 is 15.5 Å². The summed E-state index contributed by atoms with van der Waals surface area (Å²) in [7, 11) is 0. The lowest BCUT2D eigenvalue weighted by molar-refractivity contribution is -0.115. The van der Waals surface area contributed by atoms with Crippen molar-refractivity contribution in [1.29, 1.82) is 0 Å². The van der Waals surface area contributed by atoms with Crippen LogP contribution in [0.3, 0.4) is 0 Å². The molecule has 0 unspecified atom stereocenters. The van der Waals surface area contributed by atoms with Crippen LogP contribution in [-0.4, -0.2) is 31.4 Å². The van der Waals surface area contributed by atoms with Gasteiger partial charge in [0, 0.05) is 35.1 Å². The molecule has 5 nitrogen and oxygen atoms in total. The summed E-state index contributed by atoms with van der Waals surface area (Å²) >= 11 is 5.80. The Labute approximate surface area is 159 Å². The Balaban J connectivity index is 1.93. The molecule has 2 aromatic carbocycles. The molecule has 26 heavy (non-hydrogen) atoms. The van der Waals surface area contributed by atoms with E-state index < -0.39 is 0 Å². The number of hydrogen-bond acceptors (Lipinski definition) is 3. The standard InChI is InChI=1S/C20H24ClN3O2/c1-4-24(5-2)17-10-11-18(14(3)12-17)23-19(25)13-22-20(26)15-6-8-16(21)9-7-15/h6-12H,4-5,13H2,1-3H3,(H,22,26)(H,23,25). The second kappa shape index (κ2) is 9.25. The van der Waals surface area contributed by atoms with Crippen LogP contribution in [-0.2, 0) is 4.79 Å². The molecule has 6 heteroatoms. The highest BCUT2D eigenvalue weighted by Crippen LogP contribution is 2.22. The third-order valence-corrected chi connectivity index (χ3v) is 4.38. The summed E-state index contributed by atoms with van der Waals surface area (Å²) in [6.45, 7) is 7.93. The number of amides is 2. The van der Waals surface area contributed by atoms with Gasteiger partial charge in [-0.25, -0.2) is 0 Å². The van der Waals surface area contributed by atoms with E-state index in [1.807, 2.05) is 19.1 Å². The van der Waals surface area contributed by atoms with Crippen LogP contribution in [0.25, 0.3) is 0 Å². The Morgan fingerprint density at radius 2 is 1.69 bits per heavy atom. The third-order valence-electron chi connectivity index (χ3n) is 4.13. The lowest BCUT2D eigenvalue weighted by atomic mass is 10.1. The molecule has 0 atom stereocenters. The van der Waals surface area contributed by atoms with Crippen LogP contribution in [0.2, 0.25) is 5.02 Å². The number of rotatable bonds is 7. The van der Waals surface area contributed by atoms with Gasteiger partial charge in [-0.2, -0.15) is 0 Å². The van der Waals surface area contributed by atoms with E-state index in [-0.39, 0.29) is 18.4 Å². The van der Waals surface area contributed by atoms with Crippen molar-refractivity contribution in [2.75, 3.05) is 29.9 Å². The van der Waals surface area contributed by atoms with Crippen molar-refractivity contribution in [3.8, 4) is 0 Å². The summed E-state index contributed by atoms with van der Waals surface area (Å²) in [5.41, 5.74) is 3.31. The maximum absolute atomic E-state index is 12.1. The Morgan fingerprint density at radius 3 is 2.27 bits per heavy atom. The number of anilines is 2. The van der Waals surface area contributed by atoms with Gasteiger partial charge in [-0.1, -0.05) is 11.6 Å². The molecule has 0 heterocycles. The van der Waals surface area contributed by atoms with Gasteiger partial charge in [-0.3, -0.25) is 9.59 Å². The fourth-order valence-electron chi connectivity index (χ4n) is 2.63. The van der Waals surface area contributed by atoms with Crippen molar-refractivity contribution < 1.29 is 9.59 Å². The zero-order valence-electron chi connectivity index (χ0n) is 15.3. The van der Waals surface area contributed by atoms with E-state index in [9.17, 15) is 9.59 Å². The Hall–Kier alpha value is -2.53. The van der Waals surface area contributed by atoms with Crippen molar-refractivity contribution in [2.24, 2.45) is 0 Å². The van der Waals surface area contributed by atoms with E-state index in [0.29, 0.717) is 10.6 Å². The molecule has 138 valence electrons. The Kier molecular flexibility index (Phi) is 7.04. The minimum Gasteiger partial charge on any atom is -0.372 e. The first-order valence-electron chi connectivity index (χ1n) is 8.63. The van der Waals surface area contributed by atoms with E-state index >= 15 is 0 Å². The lowest BCUT2D eigenvalue weighted by Crippen LogP contribution is -2.33. The van der Waals surface area contributed by atoms with Crippen molar-refractivity contribution >= 4 is 34.8 Å². The summed E-state index contributed by atoms with van der Waals surface area (Å²) in [5.74, 6) is -0.587. The maximum atomic E-state index is 12.1. The monoisotopic (exact) mass is 373 g/mol. The van der Waals surface area contributed by atoms with E-state index in [1.165, 1.54) is 0 Å². The van der Waals surface area contributed by atoms with Crippen LogP contribution >= 0.6 is 11.6 Å². The zero-order chi connectivity index (χ0) is 19.1. The molecule has 0 aliphatic heterocycles. The molecule has 0 fully saturated rings. The zero-order valence-corrected chi connectivity index (χ0v) is 16.1. The van der Waals surface area contributed by atoms with E-state index in [0.717, 1.165) is 30.0 Å². The number of nitrogens with one attached hydrogen (secondary N) is 2. The molecule has 2 rings (SSSR count). The number of hydrogen-bond donors (Lipinski definition) is 2. The lowest BCUT2D eigenvalue weighted by Gasteiger charge is -2.22. The van der Waals surface area contributed by atoms with Gasteiger partial charge in [0.1, 0.15) is 0 Å². The fourth-order valence-corrected chi connectivity index (χ4v) is 2.76. The fraction of sp³-hybridized carbons (Fsp3) is 0.300. The average molecular weight is 374 g/mol. The van der Waals surface area contributed by atoms with Crippen LogP contribution in [0.1, 0.15) is 29.8 Å². The molecule has 0 saturated heterocycles. The van der Waals surface area contributed by atoms with Crippen molar-refractivity contribution in [3.05, 3.63) is 58.6 Å². The number of benzene rings is 2. The topological polar surface area (TPSA) is 61.4 Å². The van der Waals surface area contributed by atoms with Crippen molar-refractivity contribution in [1.82, 2.24) is 5.32 Å². The second-order valence-corrected chi connectivity index (χ2v) is 6.35. The first-order valence-corrected chi connectivity index (χ1v) is 9.01. The SMILES string of the molecule is CCN(CC)c1ccc(NC(=O)CNC(=O)c2ccc(Cl)cc2)c(C)c1. The van der Waals surface area contributed by atoms with Gasteiger partial charge < -0.3 is 15.5 Å². The minimum atomic E-state index is -0.314. The predicted octanol–water partition coefficient (Wildman–Crippen LogP) is 3.86. The smallest absolute Gasteiger partial charge is 0.251 e. The number of carbonyl (C=O) groups is 2. The number of halogens is 1. The highest BCUT2D eigenvalue weighted by Gasteiger charge is 2.10. The van der Waals surface area contributed by atoms with Crippen molar-refractivity contribution in [2.45, 2.75) is 20.8 Å². The van der Waals surface area contributed by atoms with E-state index in [2.05, 4.69) is 35.4 Å². The summed E-state index contributed by atoms with van der Waals surface area (Å²) < 4.78 is 0.